The topological polar surface area (TPSA) is 111 Å². The molecule has 0 aromatic heterocycles. The molecule has 0 atom stereocenters. The molecule has 0 bridgehead atoms. The molecule has 0 N–H and O–H groups in total. The zero-order chi connectivity index (χ0) is 27.2. The molecule has 0 radical (unpaired) electrons. The van der Waals surface area contributed by atoms with E-state index in [0.717, 1.165) is 10.0 Å². The van der Waals surface area contributed by atoms with Gasteiger partial charge < -0.3 is 9.47 Å². The van der Waals surface area contributed by atoms with E-state index in [9.17, 15) is 19.7 Å². The van der Waals surface area contributed by atoms with Crippen LogP contribution >= 0.6 is 27.7 Å². The number of hydrogen-bond acceptors (Lipinski definition) is 8. The number of benzene rings is 3. The first-order valence-corrected chi connectivity index (χ1v) is 13.0. The van der Waals surface area contributed by atoms with E-state index in [2.05, 4.69) is 20.9 Å². The van der Waals surface area contributed by atoms with Gasteiger partial charge in [0, 0.05) is 29.2 Å². The minimum atomic E-state index is -0.451. The number of carbonyl (C=O) groups is 2. The summed E-state index contributed by atoms with van der Waals surface area (Å²) >= 11 is 4.69. The van der Waals surface area contributed by atoms with Gasteiger partial charge in [-0.3, -0.25) is 19.8 Å². The third-order valence-corrected chi connectivity index (χ3v) is 6.96. The van der Waals surface area contributed by atoms with Crippen molar-refractivity contribution in [2.24, 2.45) is 4.99 Å². The summed E-state index contributed by atoms with van der Waals surface area (Å²) in [4.78, 5) is 41.8. The van der Waals surface area contributed by atoms with Crippen LogP contribution < -0.4 is 4.74 Å². The maximum absolute atomic E-state index is 13.0. The number of nitro groups is 1. The summed E-state index contributed by atoms with van der Waals surface area (Å²) in [5.41, 5.74) is 2.49. The Bertz CT molecular complexity index is 1440. The van der Waals surface area contributed by atoms with E-state index < -0.39 is 10.9 Å². The van der Waals surface area contributed by atoms with Crippen molar-refractivity contribution in [1.29, 1.82) is 0 Å². The van der Waals surface area contributed by atoms with E-state index >= 15 is 0 Å². The summed E-state index contributed by atoms with van der Waals surface area (Å²) in [6.07, 6.45) is 1.74. The van der Waals surface area contributed by atoms with Crippen molar-refractivity contribution >= 4 is 62.2 Å². The molecule has 0 saturated carbocycles. The van der Waals surface area contributed by atoms with E-state index in [4.69, 9.17) is 9.47 Å². The van der Waals surface area contributed by atoms with Gasteiger partial charge in [0.25, 0.3) is 11.6 Å². The second-order valence-electron chi connectivity index (χ2n) is 8.03. The number of amidine groups is 1. The first kappa shape index (κ1) is 27.1. The Morgan fingerprint density at radius 1 is 1.13 bits per heavy atom. The lowest BCUT2D eigenvalue weighted by atomic mass is 10.1. The number of non-ortho nitro benzene ring substituents is 1. The Morgan fingerprint density at radius 2 is 1.84 bits per heavy atom. The predicted molar refractivity (Wildman–Crippen MR) is 149 cm³/mol. The normalized spacial score (nSPS) is 15.2. The van der Waals surface area contributed by atoms with Gasteiger partial charge in [-0.1, -0.05) is 15.9 Å². The number of esters is 1. The largest absolute Gasteiger partial charge is 0.488 e. The second-order valence-corrected chi connectivity index (χ2v) is 9.96. The Labute approximate surface area is 231 Å². The molecule has 38 heavy (non-hydrogen) atoms. The minimum Gasteiger partial charge on any atom is -0.488 e. The molecule has 9 nitrogen and oxygen atoms in total. The summed E-state index contributed by atoms with van der Waals surface area (Å²) in [5, 5.41) is 11.4. The van der Waals surface area contributed by atoms with Crippen LogP contribution in [0.3, 0.4) is 0 Å². The number of thioether (sulfide) groups is 1. The fraction of sp³-hybridized carbons (Fsp3) is 0.148. The summed E-state index contributed by atoms with van der Waals surface area (Å²) in [5.74, 6) is -0.0617. The van der Waals surface area contributed by atoms with Crippen LogP contribution in [0.15, 0.2) is 81.1 Å². The third-order valence-electron chi connectivity index (χ3n) is 5.41. The molecule has 0 aliphatic carbocycles. The number of aliphatic imine (C=N–C) groups is 1. The zero-order valence-corrected chi connectivity index (χ0v) is 22.8. The summed E-state index contributed by atoms with van der Waals surface area (Å²) < 4.78 is 11.8. The molecule has 1 aliphatic heterocycles. The van der Waals surface area contributed by atoms with Crippen molar-refractivity contribution in [3.8, 4) is 5.75 Å². The summed E-state index contributed by atoms with van der Waals surface area (Å²) in [6, 6.07) is 18.2. The molecule has 4 rings (SSSR count). The number of nitro benzene ring substituents is 1. The van der Waals surface area contributed by atoms with Crippen LogP contribution in [0.4, 0.5) is 11.4 Å². The maximum atomic E-state index is 13.0. The van der Waals surface area contributed by atoms with Crippen molar-refractivity contribution in [2.45, 2.75) is 13.5 Å². The highest BCUT2D eigenvalue weighted by Crippen LogP contribution is 2.35. The minimum absolute atomic E-state index is 0.0103. The molecule has 1 saturated heterocycles. The molecule has 3 aromatic carbocycles. The number of ether oxygens (including phenoxy) is 2. The fourth-order valence-electron chi connectivity index (χ4n) is 3.43. The van der Waals surface area contributed by atoms with Crippen LogP contribution in [-0.4, -0.2) is 40.5 Å². The van der Waals surface area contributed by atoms with Crippen molar-refractivity contribution in [2.75, 3.05) is 13.7 Å². The Hall–Kier alpha value is -3.96. The van der Waals surface area contributed by atoms with Gasteiger partial charge in [-0.05, 0) is 84.9 Å². The Kier molecular flexibility index (Phi) is 8.59. The number of rotatable bonds is 8. The smallest absolute Gasteiger partial charge is 0.338 e. The van der Waals surface area contributed by atoms with Gasteiger partial charge in [-0.2, -0.15) is 0 Å². The Balaban J connectivity index is 1.53. The first-order chi connectivity index (χ1) is 18.2. The highest BCUT2D eigenvalue weighted by atomic mass is 79.9. The zero-order valence-electron chi connectivity index (χ0n) is 20.4. The van der Waals surface area contributed by atoms with Gasteiger partial charge in [0.15, 0.2) is 5.17 Å². The molecule has 1 fully saturated rings. The molecule has 1 amide bonds. The molecule has 0 spiro atoms. The number of halogens is 1. The van der Waals surface area contributed by atoms with E-state index in [1.54, 1.807) is 62.5 Å². The number of amides is 1. The lowest BCUT2D eigenvalue weighted by molar-refractivity contribution is -0.384. The van der Waals surface area contributed by atoms with Gasteiger partial charge >= 0.3 is 5.97 Å². The lowest BCUT2D eigenvalue weighted by Crippen LogP contribution is -2.23. The van der Waals surface area contributed by atoms with Gasteiger partial charge in [0.05, 0.1) is 27.7 Å². The molecular weight excluding hydrogens is 574 g/mol. The highest BCUT2D eigenvalue weighted by Gasteiger charge is 2.30. The second kappa shape index (κ2) is 12.1. The van der Waals surface area contributed by atoms with Crippen molar-refractivity contribution in [1.82, 2.24) is 4.90 Å². The predicted octanol–water partition coefficient (Wildman–Crippen LogP) is 6.35. The van der Waals surface area contributed by atoms with E-state index in [0.29, 0.717) is 39.2 Å². The lowest BCUT2D eigenvalue weighted by Gasteiger charge is -2.10. The van der Waals surface area contributed by atoms with Crippen LogP contribution in [0.25, 0.3) is 6.08 Å². The quantitative estimate of drug-likeness (QED) is 0.129. The van der Waals surface area contributed by atoms with Crippen LogP contribution in [0.2, 0.25) is 0 Å². The van der Waals surface area contributed by atoms with E-state index in [-0.39, 0.29) is 18.2 Å². The van der Waals surface area contributed by atoms with Crippen molar-refractivity contribution in [3.63, 3.8) is 0 Å². The summed E-state index contributed by atoms with van der Waals surface area (Å²) in [7, 11) is 1.65. The molecule has 1 aliphatic rings. The molecule has 3 aromatic rings. The van der Waals surface area contributed by atoms with E-state index in [1.165, 1.54) is 28.8 Å². The maximum Gasteiger partial charge on any atom is 0.338 e. The molecule has 1 heterocycles. The monoisotopic (exact) mass is 595 g/mol. The average molecular weight is 596 g/mol. The van der Waals surface area contributed by atoms with Gasteiger partial charge in [-0.25, -0.2) is 9.79 Å². The molecule has 0 unspecified atom stereocenters. The standard InChI is InChI=1S/C27H22BrN3O6S/c1-3-36-26(33)18-6-9-21(10-7-18)29-27-30(2)25(32)24(38-27)15-19-14-20(28)8-13-23(19)37-16-17-4-11-22(12-5-17)31(34)35/h4-15H,3,16H2,1-2H3. The molecular formula is C27H22BrN3O6S. The van der Waals surface area contributed by atoms with E-state index in [1.807, 2.05) is 12.1 Å². The van der Waals surface area contributed by atoms with Crippen molar-refractivity contribution in [3.05, 3.63) is 103 Å². The number of carbonyl (C=O) groups excluding carboxylic acids is 2. The molecule has 11 heteroatoms. The van der Waals surface area contributed by atoms with Crippen LogP contribution in [0.5, 0.6) is 5.75 Å². The van der Waals surface area contributed by atoms with Gasteiger partial charge in [0.2, 0.25) is 0 Å². The van der Waals surface area contributed by atoms with Crippen LogP contribution in [0.1, 0.15) is 28.4 Å². The fourth-order valence-corrected chi connectivity index (χ4v) is 4.78. The van der Waals surface area contributed by atoms with Gasteiger partial charge in [-0.15, -0.1) is 0 Å². The number of likely N-dealkylation sites (N-methyl/N-ethyl adjacent to an activating group) is 1. The first-order valence-electron chi connectivity index (χ1n) is 11.4. The average Bonchev–Trinajstić information content (AvgIpc) is 3.16. The SMILES string of the molecule is CCOC(=O)c1ccc(N=C2SC(=Cc3cc(Br)ccc3OCc3ccc([N+](=O)[O-])cc3)C(=O)N2C)cc1. The number of nitrogens with zero attached hydrogens (tertiary/aromatic N) is 3. The number of hydrogen-bond donors (Lipinski definition) is 0. The van der Waals surface area contributed by atoms with Crippen LogP contribution in [-0.2, 0) is 16.1 Å². The summed E-state index contributed by atoms with van der Waals surface area (Å²) in [6.45, 7) is 2.24. The molecule has 194 valence electrons. The third kappa shape index (κ3) is 6.48. The highest BCUT2D eigenvalue weighted by molar-refractivity contribution is 9.10. The van der Waals surface area contributed by atoms with Gasteiger partial charge in [0.1, 0.15) is 12.4 Å². The Morgan fingerprint density at radius 3 is 2.50 bits per heavy atom. The van der Waals surface area contributed by atoms with Crippen LogP contribution in [0, 0.1) is 10.1 Å². The van der Waals surface area contributed by atoms with Crippen molar-refractivity contribution < 1.29 is 24.0 Å².